The number of nitrogens with one attached hydrogen (secondary N) is 2. The highest BCUT2D eigenvalue weighted by Crippen LogP contribution is 2.11. The highest BCUT2D eigenvalue weighted by molar-refractivity contribution is 7.80. The third-order valence-corrected chi connectivity index (χ3v) is 3.38. The molecule has 0 bridgehead atoms. The molecule has 0 unspecified atom stereocenters. The van der Waals surface area contributed by atoms with Crippen LogP contribution in [0.1, 0.15) is 5.56 Å². The molecule has 9 heteroatoms. The van der Waals surface area contributed by atoms with Gasteiger partial charge in [-0.2, -0.15) is 12.6 Å². The highest BCUT2D eigenvalue weighted by atomic mass is 32.1. The molecule has 1 aromatic rings. The van der Waals surface area contributed by atoms with Gasteiger partial charge in [0.1, 0.15) is 17.8 Å². The monoisotopic (exact) mass is 341 g/mol. The summed E-state index contributed by atoms with van der Waals surface area (Å²) in [7, 11) is 0. The number of aromatic hydroxyl groups is 1. The molecule has 0 aliphatic heterocycles. The van der Waals surface area contributed by atoms with Crippen LogP contribution < -0.4 is 16.4 Å². The van der Waals surface area contributed by atoms with E-state index in [0.29, 0.717) is 5.56 Å². The van der Waals surface area contributed by atoms with E-state index in [0.717, 1.165) is 0 Å². The van der Waals surface area contributed by atoms with Gasteiger partial charge in [0.15, 0.2) is 0 Å². The van der Waals surface area contributed by atoms with Crippen molar-refractivity contribution in [3.8, 4) is 5.75 Å². The van der Waals surface area contributed by atoms with E-state index in [4.69, 9.17) is 10.8 Å². The van der Waals surface area contributed by atoms with Crippen LogP contribution in [0.3, 0.4) is 0 Å². The number of carboxylic acid groups (broad SMARTS) is 1. The van der Waals surface area contributed by atoms with E-state index in [1.807, 2.05) is 0 Å². The Morgan fingerprint density at radius 3 is 2.22 bits per heavy atom. The maximum Gasteiger partial charge on any atom is 0.327 e. The number of carbonyl (C=O) groups is 3. The lowest BCUT2D eigenvalue weighted by Crippen LogP contribution is -2.53. The van der Waals surface area contributed by atoms with Crippen LogP contribution in [0.15, 0.2) is 24.3 Å². The van der Waals surface area contributed by atoms with Crippen LogP contribution in [-0.4, -0.2) is 52.4 Å². The van der Waals surface area contributed by atoms with Crippen molar-refractivity contribution in [2.75, 3.05) is 12.3 Å². The molecule has 0 aromatic heterocycles. The average molecular weight is 341 g/mol. The van der Waals surface area contributed by atoms with Crippen LogP contribution in [0.4, 0.5) is 0 Å². The first-order chi connectivity index (χ1) is 10.9. The Kier molecular flexibility index (Phi) is 7.36. The lowest BCUT2D eigenvalue weighted by Gasteiger charge is -2.20. The van der Waals surface area contributed by atoms with Crippen LogP contribution in [-0.2, 0) is 20.8 Å². The molecule has 6 N–H and O–H groups in total. The molecule has 0 fully saturated rings. The third kappa shape index (κ3) is 6.17. The molecule has 0 aliphatic rings. The average Bonchev–Trinajstić information content (AvgIpc) is 2.53. The van der Waals surface area contributed by atoms with Gasteiger partial charge in [0.2, 0.25) is 11.8 Å². The molecule has 2 atom stereocenters. The van der Waals surface area contributed by atoms with Crippen molar-refractivity contribution in [1.82, 2.24) is 10.6 Å². The molecule has 8 nitrogen and oxygen atoms in total. The highest BCUT2D eigenvalue weighted by Gasteiger charge is 2.25. The van der Waals surface area contributed by atoms with Crippen molar-refractivity contribution < 1.29 is 24.6 Å². The second-order valence-electron chi connectivity index (χ2n) is 4.78. The normalized spacial score (nSPS) is 13.0. The molecule has 0 saturated heterocycles. The van der Waals surface area contributed by atoms with Crippen molar-refractivity contribution in [1.29, 1.82) is 0 Å². The van der Waals surface area contributed by atoms with Gasteiger partial charge in [-0.25, -0.2) is 4.79 Å². The van der Waals surface area contributed by atoms with E-state index < -0.39 is 29.9 Å². The summed E-state index contributed by atoms with van der Waals surface area (Å²) < 4.78 is 0. The van der Waals surface area contributed by atoms with Gasteiger partial charge >= 0.3 is 5.97 Å². The molecule has 0 heterocycles. The summed E-state index contributed by atoms with van der Waals surface area (Å²) in [4.78, 5) is 34.7. The minimum Gasteiger partial charge on any atom is -0.508 e. The second-order valence-corrected chi connectivity index (χ2v) is 5.14. The van der Waals surface area contributed by atoms with E-state index in [1.54, 1.807) is 12.1 Å². The van der Waals surface area contributed by atoms with Crippen molar-refractivity contribution in [2.24, 2.45) is 5.73 Å². The molecule has 1 aromatic carbocycles. The first kappa shape index (κ1) is 18.8. The summed E-state index contributed by atoms with van der Waals surface area (Å²) in [6.07, 6.45) is 0.122. The molecule has 126 valence electrons. The predicted octanol–water partition coefficient (Wildman–Crippen LogP) is -1.12. The molecule has 0 saturated carbocycles. The number of amides is 2. The Bertz CT molecular complexity index is 564. The first-order valence-electron chi connectivity index (χ1n) is 6.78. The zero-order valence-corrected chi connectivity index (χ0v) is 13.1. The van der Waals surface area contributed by atoms with Crippen molar-refractivity contribution >= 4 is 30.4 Å². The van der Waals surface area contributed by atoms with Crippen LogP contribution in [0.2, 0.25) is 0 Å². The van der Waals surface area contributed by atoms with Crippen LogP contribution in [0.5, 0.6) is 5.75 Å². The molecule has 1 rings (SSSR count). The fourth-order valence-electron chi connectivity index (χ4n) is 1.79. The molecule has 0 spiro atoms. The maximum atomic E-state index is 12.2. The Morgan fingerprint density at radius 2 is 1.74 bits per heavy atom. The predicted molar refractivity (Wildman–Crippen MR) is 86.2 cm³/mol. The number of phenols is 1. The van der Waals surface area contributed by atoms with Gasteiger partial charge in [0.05, 0.1) is 6.54 Å². The SMILES string of the molecule is NCC(=O)N[C@@H](Cc1ccc(O)cc1)C(=O)N[C@@H](CS)C(=O)O. The van der Waals surface area contributed by atoms with Crippen molar-refractivity contribution in [3.63, 3.8) is 0 Å². The van der Waals surface area contributed by atoms with Gasteiger partial charge in [0, 0.05) is 12.2 Å². The number of benzene rings is 1. The van der Waals surface area contributed by atoms with Crippen molar-refractivity contribution in [2.45, 2.75) is 18.5 Å². The Morgan fingerprint density at radius 1 is 1.13 bits per heavy atom. The molecule has 0 radical (unpaired) electrons. The fraction of sp³-hybridized carbons (Fsp3) is 0.357. The summed E-state index contributed by atoms with van der Waals surface area (Å²) in [5.74, 6) is -2.43. The number of hydrogen-bond acceptors (Lipinski definition) is 6. The Hall–Kier alpha value is -2.26. The lowest BCUT2D eigenvalue weighted by atomic mass is 10.0. The van der Waals surface area contributed by atoms with Gasteiger partial charge in [0.25, 0.3) is 0 Å². The summed E-state index contributed by atoms with van der Waals surface area (Å²) in [6.45, 7) is -0.297. The molecular formula is C14H19N3O5S. The number of phenolic OH excluding ortho intramolecular Hbond substituents is 1. The van der Waals surface area contributed by atoms with E-state index in [9.17, 15) is 19.5 Å². The summed E-state index contributed by atoms with van der Waals surface area (Å²) in [6, 6.07) is 3.93. The van der Waals surface area contributed by atoms with Gasteiger partial charge in [-0.3, -0.25) is 9.59 Å². The minimum absolute atomic E-state index is 0.0711. The van der Waals surface area contributed by atoms with E-state index in [2.05, 4.69) is 23.3 Å². The van der Waals surface area contributed by atoms with Crippen LogP contribution >= 0.6 is 12.6 Å². The zero-order valence-electron chi connectivity index (χ0n) is 12.2. The van der Waals surface area contributed by atoms with E-state index in [-0.39, 0.29) is 24.5 Å². The zero-order chi connectivity index (χ0) is 17.4. The summed E-state index contributed by atoms with van der Waals surface area (Å²) >= 11 is 3.87. The molecule has 23 heavy (non-hydrogen) atoms. The van der Waals surface area contributed by atoms with Gasteiger partial charge in [-0.1, -0.05) is 12.1 Å². The minimum atomic E-state index is -1.22. The molecule has 0 aliphatic carbocycles. The fourth-order valence-corrected chi connectivity index (χ4v) is 2.04. The molecule has 2 amide bonds. The summed E-state index contributed by atoms with van der Waals surface area (Å²) in [5, 5.41) is 23.0. The quantitative estimate of drug-likeness (QED) is 0.331. The topological polar surface area (TPSA) is 142 Å². The number of aliphatic carboxylic acids is 1. The van der Waals surface area contributed by atoms with Crippen LogP contribution in [0.25, 0.3) is 0 Å². The van der Waals surface area contributed by atoms with Crippen LogP contribution in [0, 0.1) is 0 Å². The standard InChI is InChI=1S/C14H19N3O5S/c15-6-12(19)16-10(5-8-1-3-9(18)4-2-8)13(20)17-11(7-23)14(21)22/h1-4,10-11,18,23H,5-7,15H2,(H,16,19)(H,17,20)(H,21,22)/t10-,11-/m0/s1. The third-order valence-electron chi connectivity index (χ3n) is 3.01. The van der Waals surface area contributed by atoms with E-state index in [1.165, 1.54) is 12.1 Å². The number of hydrogen-bond donors (Lipinski definition) is 6. The number of carboxylic acids is 1. The summed E-state index contributed by atoms with van der Waals surface area (Å²) in [5.41, 5.74) is 5.90. The Labute approximate surface area is 138 Å². The Balaban J connectivity index is 2.86. The number of thiol groups is 1. The van der Waals surface area contributed by atoms with Gasteiger partial charge in [-0.15, -0.1) is 0 Å². The number of rotatable bonds is 8. The number of nitrogens with two attached hydrogens (primary N) is 1. The molecular weight excluding hydrogens is 322 g/mol. The first-order valence-corrected chi connectivity index (χ1v) is 7.42. The largest absolute Gasteiger partial charge is 0.508 e. The van der Waals surface area contributed by atoms with Gasteiger partial charge in [-0.05, 0) is 17.7 Å². The number of carbonyl (C=O) groups excluding carboxylic acids is 2. The van der Waals surface area contributed by atoms with Gasteiger partial charge < -0.3 is 26.6 Å². The van der Waals surface area contributed by atoms with Crippen molar-refractivity contribution in [3.05, 3.63) is 29.8 Å². The smallest absolute Gasteiger partial charge is 0.327 e. The van der Waals surface area contributed by atoms with E-state index >= 15 is 0 Å². The second kappa shape index (κ2) is 9.01. The lowest BCUT2D eigenvalue weighted by molar-refractivity contribution is -0.141. The maximum absolute atomic E-state index is 12.2.